The van der Waals surface area contributed by atoms with Gasteiger partial charge >= 0.3 is 0 Å². The molecule has 2 rings (SSSR count). The molecule has 1 fully saturated rings. The van der Waals surface area contributed by atoms with E-state index in [0.29, 0.717) is 29.7 Å². The Morgan fingerprint density at radius 1 is 1.39 bits per heavy atom. The van der Waals surface area contributed by atoms with E-state index in [2.05, 4.69) is 11.4 Å². The number of piperidine rings is 1. The Morgan fingerprint density at radius 3 is 2.94 bits per heavy atom. The number of ether oxygens (including phenoxy) is 2. The third-order valence-corrected chi connectivity index (χ3v) is 3.15. The van der Waals surface area contributed by atoms with Crippen LogP contribution in [0, 0.1) is 11.3 Å². The lowest BCUT2D eigenvalue weighted by atomic mass is 10.1. The Kier molecular flexibility index (Phi) is 4.43. The van der Waals surface area contributed by atoms with Crippen molar-refractivity contribution >= 4 is 0 Å². The van der Waals surface area contributed by atoms with Crippen LogP contribution in [0.2, 0.25) is 0 Å². The number of hydrogen-bond donors (Lipinski definition) is 1. The van der Waals surface area contributed by atoms with Gasteiger partial charge in [0.05, 0.1) is 18.7 Å². The highest BCUT2D eigenvalue weighted by Gasteiger charge is 2.14. The standard InChI is InChI=1S/C14H18N2O2/c1-17-13-6-5-11(9-15)8-14(13)18-10-12-4-2-3-7-16-12/h5-6,8,12,16H,2-4,7,10H2,1H3. The molecule has 0 amide bonds. The number of methoxy groups -OCH3 is 1. The van der Waals surface area contributed by atoms with Gasteiger partial charge in [-0.25, -0.2) is 0 Å². The molecule has 1 heterocycles. The SMILES string of the molecule is COc1ccc(C#N)cc1OCC1CCCCN1. The third kappa shape index (κ3) is 3.14. The van der Waals surface area contributed by atoms with Crippen molar-refractivity contribution in [2.75, 3.05) is 20.3 Å². The van der Waals surface area contributed by atoms with Crippen LogP contribution in [0.1, 0.15) is 24.8 Å². The number of benzene rings is 1. The van der Waals surface area contributed by atoms with Gasteiger partial charge in [-0.05, 0) is 31.5 Å². The summed E-state index contributed by atoms with van der Waals surface area (Å²) in [6.07, 6.45) is 3.63. The van der Waals surface area contributed by atoms with Gasteiger partial charge in [0, 0.05) is 12.1 Å². The van der Waals surface area contributed by atoms with Crippen molar-refractivity contribution in [3.63, 3.8) is 0 Å². The maximum absolute atomic E-state index is 8.88. The summed E-state index contributed by atoms with van der Waals surface area (Å²) in [5, 5.41) is 12.3. The van der Waals surface area contributed by atoms with Gasteiger partial charge in [0.1, 0.15) is 6.61 Å². The van der Waals surface area contributed by atoms with Crippen LogP contribution in [0.3, 0.4) is 0 Å². The van der Waals surface area contributed by atoms with Gasteiger partial charge in [-0.2, -0.15) is 5.26 Å². The smallest absolute Gasteiger partial charge is 0.162 e. The van der Waals surface area contributed by atoms with Crippen molar-refractivity contribution < 1.29 is 9.47 Å². The first-order chi connectivity index (χ1) is 8.83. The van der Waals surface area contributed by atoms with Crippen LogP contribution in [0.15, 0.2) is 18.2 Å². The molecule has 1 aromatic carbocycles. The molecule has 0 bridgehead atoms. The zero-order valence-corrected chi connectivity index (χ0v) is 10.6. The lowest BCUT2D eigenvalue weighted by Gasteiger charge is -2.23. The summed E-state index contributed by atoms with van der Waals surface area (Å²) >= 11 is 0. The van der Waals surface area contributed by atoms with Crippen LogP contribution in [-0.2, 0) is 0 Å². The lowest BCUT2D eigenvalue weighted by Crippen LogP contribution is -2.38. The minimum atomic E-state index is 0.397. The van der Waals surface area contributed by atoms with Crippen molar-refractivity contribution in [2.24, 2.45) is 0 Å². The summed E-state index contributed by atoms with van der Waals surface area (Å²) in [4.78, 5) is 0. The molecule has 96 valence electrons. The second-order valence-corrected chi connectivity index (χ2v) is 4.44. The molecule has 0 aromatic heterocycles. The van der Waals surface area contributed by atoms with Crippen LogP contribution >= 0.6 is 0 Å². The van der Waals surface area contributed by atoms with Crippen molar-refractivity contribution in [3.8, 4) is 17.6 Å². The zero-order chi connectivity index (χ0) is 12.8. The highest BCUT2D eigenvalue weighted by molar-refractivity contribution is 5.46. The molecule has 1 aliphatic rings. The van der Waals surface area contributed by atoms with E-state index in [1.165, 1.54) is 12.8 Å². The number of nitrogens with one attached hydrogen (secondary N) is 1. The van der Waals surface area contributed by atoms with E-state index in [9.17, 15) is 0 Å². The average Bonchev–Trinajstić information content (AvgIpc) is 2.45. The van der Waals surface area contributed by atoms with Gasteiger partial charge in [0.15, 0.2) is 11.5 Å². The highest BCUT2D eigenvalue weighted by Crippen LogP contribution is 2.28. The van der Waals surface area contributed by atoms with Crippen LogP contribution in [0.25, 0.3) is 0 Å². The molecule has 0 saturated carbocycles. The lowest BCUT2D eigenvalue weighted by molar-refractivity contribution is 0.230. The summed E-state index contributed by atoms with van der Waals surface area (Å²) in [6, 6.07) is 7.72. The Hall–Kier alpha value is -1.73. The molecule has 1 aliphatic heterocycles. The quantitative estimate of drug-likeness (QED) is 0.883. The van der Waals surface area contributed by atoms with Gasteiger partial charge < -0.3 is 14.8 Å². The fourth-order valence-electron chi connectivity index (χ4n) is 2.12. The fourth-order valence-corrected chi connectivity index (χ4v) is 2.12. The number of hydrogen-bond acceptors (Lipinski definition) is 4. The molecule has 18 heavy (non-hydrogen) atoms. The molecule has 4 nitrogen and oxygen atoms in total. The molecular formula is C14H18N2O2. The predicted molar refractivity (Wildman–Crippen MR) is 68.8 cm³/mol. The first kappa shape index (κ1) is 12.7. The first-order valence-corrected chi connectivity index (χ1v) is 6.28. The summed E-state index contributed by atoms with van der Waals surface area (Å²) in [5.74, 6) is 1.31. The summed E-state index contributed by atoms with van der Waals surface area (Å²) in [6.45, 7) is 1.68. The predicted octanol–water partition coefficient (Wildman–Crippen LogP) is 2.09. The Morgan fingerprint density at radius 2 is 2.28 bits per heavy atom. The van der Waals surface area contributed by atoms with Crippen molar-refractivity contribution in [1.82, 2.24) is 5.32 Å². The van der Waals surface area contributed by atoms with Gasteiger partial charge in [-0.3, -0.25) is 0 Å². The molecule has 1 saturated heterocycles. The monoisotopic (exact) mass is 246 g/mol. The topological polar surface area (TPSA) is 54.3 Å². The number of nitrogens with zero attached hydrogens (tertiary/aromatic N) is 1. The minimum absolute atomic E-state index is 0.397. The molecular weight excluding hydrogens is 228 g/mol. The van der Waals surface area contributed by atoms with Crippen LogP contribution in [-0.4, -0.2) is 26.3 Å². The molecule has 4 heteroatoms. The average molecular weight is 246 g/mol. The van der Waals surface area contributed by atoms with E-state index in [-0.39, 0.29) is 0 Å². The molecule has 1 N–H and O–H groups in total. The van der Waals surface area contributed by atoms with Gasteiger partial charge in [-0.15, -0.1) is 0 Å². The van der Waals surface area contributed by atoms with Gasteiger partial charge in [0.25, 0.3) is 0 Å². The van der Waals surface area contributed by atoms with E-state index in [1.807, 2.05) is 0 Å². The van der Waals surface area contributed by atoms with E-state index in [1.54, 1.807) is 25.3 Å². The molecule has 1 atom stereocenters. The summed E-state index contributed by atoms with van der Waals surface area (Å²) < 4.78 is 11.0. The van der Waals surface area contributed by atoms with Crippen molar-refractivity contribution in [1.29, 1.82) is 5.26 Å². The Balaban J connectivity index is 2.00. The second-order valence-electron chi connectivity index (χ2n) is 4.44. The van der Waals surface area contributed by atoms with Gasteiger partial charge in [-0.1, -0.05) is 6.42 Å². The maximum Gasteiger partial charge on any atom is 0.162 e. The normalized spacial score (nSPS) is 19.0. The Labute approximate surface area is 108 Å². The Bertz CT molecular complexity index is 434. The summed E-state index contributed by atoms with van der Waals surface area (Å²) in [7, 11) is 1.60. The van der Waals surface area contributed by atoms with Crippen LogP contribution in [0.4, 0.5) is 0 Å². The van der Waals surface area contributed by atoms with Gasteiger partial charge in [0.2, 0.25) is 0 Å². The molecule has 1 aromatic rings. The third-order valence-electron chi connectivity index (χ3n) is 3.15. The minimum Gasteiger partial charge on any atom is -0.493 e. The zero-order valence-electron chi connectivity index (χ0n) is 10.6. The fraction of sp³-hybridized carbons (Fsp3) is 0.500. The first-order valence-electron chi connectivity index (χ1n) is 6.28. The van der Waals surface area contributed by atoms with E-state index < -0.39 is 0 Å². The van der Waals surface area contributed by atoms with Crippen LogP contribution in [0.5, 0.6) is 11.5 Å². The van der Waals surface area contributed by atoms with E-state index in [4.69, 9.17) is 14.7 Å². The largest absolute Gasteiger partial charge is 0.493 e. The molecule has 0 spiro atoms. The molecule has 1 unspecified atom stereocenters. The van der Waals surface area contributed by atoms with E-state index >= 15 is 0 Å². The number of nitriles is 1. The molecule has 0 aliphatic carbocycles. The number of rotatable bonds is 4. The highest BCUT2D eigenvalue weighted by atomic mass is 16.5. The summed E-state index contributed by atoms with van der Waals surface area (Å²) in [5.41, 5.74) is 0.586. The molecule has 0 radical (unpaired) electrons. The second kappa shape index (κ2) is 6.27. The van der Waals surface area contributed by atoms with E-state index in [0.717, 1.165) is 13.0 Å². The van der Waals surface area contributed by atoms with Crippen molar-refractivity contribution in [3.05, 3.63) is 23.8 Å². The maximum atomic E-state index is 8.88. The van der Waals surface area contributed by atoms with Crippen LogP contribution < -0.4 is 14.8 Å². The van der Waals surface area contributed by atoms with Crippen molar-refractivity contribution in [2.45, 2.75) is 25.3 Å².